The van der Waals surface area contributed by atoms with Crippen LogP contribution >= 0.6 is 0 Å². The maximum absolute atomic E-state index is 13.4. The lowest BCUT2D eigenvalue weighted by Gasteiger charge is -2.36. The van der Waals surface area contributed by atoms with Crippen LogP contribution in [0.25, 0.3) is 11.3 Å². The van der Waals surface area contributed by atoms with Crippen LogP contribution in [0.3, 0.4) is 0 Å². The number of likely N-dealkylation sites (tertiary alicyclic amines) is 1. The molecule has 0 atom stereocenters. The Morgan fingerprint density at radius 1 is 0.857 bits per heavy atom. The van der Waals surface area contributed by atoms with E-state index in [0.29, 0.717) is 5.41 Å². The first-order valence-electron chi connectivity index (χ1n) is 15.0. The largest absolute Gasteiger partial charge is 0.299 e. The van der Waals surface area contributed by atoms with Crippen LogP contribution in [-0.4, -0.2) is 28.8 Å². The molecular formula is C38H47FN2O. The van der Waals surface area contributed by atoms with E-state index < -0.39 is 0 Å². The Morgan fingerprint density at radius 3 is 2.07 bits per heavy atom. The highest BCUT2D eigenvalue weighted by atomic mass is 19.1. The van der Waals surface area contributed by atoms with E-state index in [4.69, 9.17) is 0 Å². The maximum Gasteiger partial charge on any atom is 0.160 e. The molecule has 1 saturated heterocycles. The molecule has 1 aromatic heterocycles. The zero-order valence-corrected chi connectivity index (χ0v) is 26.5. The van der Waals surface area contributed by atoms with Gasteiger partial charge in [0.15, 0.2) is 5.78 Å². The summed E-state index contributed by atoms with van der Waals surface area (Å²) in [7, 11) is 0. The molecule has 0 radical (unpaired) electrons. The van der Waals surface area contributed by atoms with Gasteiger partial charge in [-0.05, 0) is 112 Å². The molecule has 3 nitrogen and oxygen atoms in total. The van der Waals surface area contributed by atoms with E-state index in [9.17, 15) is 9.18 Å². The van der Waals surface area contributed by atoms with Gasteiger partial charge in [0.1, 0.15) is 5.82 Å². The summed E-state index contributed by atoms with van der Waals surface area (Å²) >= 11 is 0. The quantitative estimate of drug-likeness (QED) is 0.226. The molecule has 1 aliphatic heterocycles. The molecule has 0 N–H and O–H groups in total. The molecule has 222 valence electrons. The fraction of sp³-hybridized carbons (Fsp3) is 0.368. The Labute approximate surface area is 252 Å². The molecule has 4 aromatic rings. The van der Waals surface area contributed by atoms with Crippen molar-refractivity contribution in [2.24, 2.45) is 5.41 Å². The Morgan fingerprint density at radius 2 is 1.52 bits per heavy atom. The number of carbonyl (C=O) groups is 1. The van der Waals surface area contributed by atoms with Crippen LogP contribution < -0.4 is 0 Å². The molecular weight excluding hydrogens is 519 g/mol. The Hall–Kier alpha value is -3.63. The number of pyridine rings is 1. The van der Waals surface area contributed by atoms with Gasteiger partial charge >= 0.3 is 0 Å². The summed E-state index contributed by atoms with van der Waals surface area (Å²) in [5.41, 5.74) is 8.81. The summed E-state index contributed by atoms with van der Waals surface area (Å²) < 4.78 is 13.4. The first-order valence-corrected chi connectivity index (χ1v) is 15.0. The molecule has 5 rings (SSSR count). The predicted molar refractivity (Wildman–Crippen MR) is 174 cm³/mol. The molecule has 0 unspecified atom stereocenters. The summed E-state index contributed by atoms with van der Waals surface area (Å²) in [6.07, 6.45) is 5.38. The number of aromatic nitrogens is 1. The number of aryl methyl sites for hydroxylation is 4. The number of halogens is 1. The predicted octanol–water partition coefficient (Wildman–Crippen LogP) is 9.57. The minimum absolute atomic E-state index is 0.0835. The van der Waals surface area contributed by atoms with Crippen LogP contribution in [0.2, 0.25) is 0 Å². The Balaban J connectivity index is 0.000000181. The molecule has 3 aromatic carbocycles. The summed E-state index contributed by atoms with van der Waals surface area (Å²) in [6.45, 7) is 17.4. The third kappa shape index (κ3) is 10.3. The zero-order valence-electron chi connectivity index (χ0n) is 26.5. The van der Waals surface area contributed by atoms with Crippen LogP contribution in [-0.2, 0) is 13.0 Å². The molecule has 0 aliphatic carbocycles. The minimum atomic E-state index is -0.0835. The van der Waals surface area contributed by atoms with Gasteiger partial charge in [0.25, 0.3) is 0 Å². The standard InChI is InChI=1S/C15H22FN.C14H13NO.C9H12/c1-12-4-5-13(10-14(12)16)11-17-8-6-15(2,3)7-9-17;1-10-9-12(6-7-13(10)11(2)16)14-5-3-4-8-15-14;1-3-9-6-4-8(2)5-7-9/h4-5,10H,6-9,11H2,1-3H3;3-9H,1-2H3;4-7H,3H2,1-2H3. The Kier molecular flexibility index (Phi) is 12.2. The highest BCUT2D eigenvalue weighted by Crippen LogP contribution is 2.30. The summed E-state index contributed by atoms with van der Waals surface area (Å²) in [4.78, 5) is 18.0. The lowest BCUT2D eigenvalue weighted by atomic mass is 9.82. The normalized spacial score (nSPS) is 14.2. The lowest BCUT2D eigenvalue weighted by Crippen LogP contribution is -2.36. The number of carbonyl (C=O) groups excluding carboxylic acids is 1. The molecule has 1 aliphatic rings. The summed E-state index contributed by atoms with van der Waals surface area (Å²) in [5, 5.41) is 0. The van der Waals surface area contributed by atoms with Gasteiger partial charge in [-0.3, -0.25) is 14.7 Å². The van der Waals surface area contributed by atoms with Crippen molar-refractivity contribution in [1.29, 1.82) is 0 Å². The average molecular weight is 567 g/mol. The number of rotatable bonds is 5. The molecule has 0 saturated carbocycles. The van der Waals surface area contributed by atoms with Gasteiger partial charge in [0.05, 0.1) is 5.69 Å². The van der Waals surface area contributed by atoms with Crippen molar-refractivity contribution in [3.8, 4) is 11.3 Å². The van der Waals surface area contributed by atoms with Crippen molar-refractivity contribution in [3.63, 3.8) is 0 Å². The van der Waals surface area contributed by atoms with Gasteiger partial charge in [0.2, 0.25) is 0 Å². The molecule has 1 fully saturated rings. The van der Waals surface area contributed by atoms with Crippen molar-refractivity contribution in [1.82, 2.24) is 9.88 Å². The molecule has 4 heteroatoms. The number of nitrogens with zero attached hydrogens (tertiary/aromatic N) is 2. The van der Waals surface area contributed by atoms with Crippen LogP contribution in [0.4, 0.5) is 4.39 Å². The van der Waals surface area contributed by atoms with Crippen molar-refractivity contribution >= 4 is 5.78 Å². The van der Waals surface area contributed by atoms with E-state index in [1.165, 1.54) is 24.0 Å². The van der Waals surface area contributed by atoms with Crippen LogP contribution in [0.15, 0.2) is 85.1 Å². The number of hydrogen-bond donors (Lipinski definition) is 0. The summed E-state index contributed by atoms with van der Waals surface area (Å²) in [6, 6.07) is 25.8. The number of ketones is 1. The number of hydrogen-bond acceptors (Lipinski definition) is 3. The van der Waals surface area contributed by atoms with Crippen molar-refractivity contribution in [2.45, 2.75) is 74.3 Å². The third-order valence-electron chi connectivity index (χ3n) is 7.95. The molecule has 0 amide bonds. The van der Waals surface area contributed by atoms with E-state index in [2.05, 4.69) is 61.8 Å². The monoisotopic (exact) mass is 566 g/mol. The highest BCUT2D eigenvalue weighted by molar-refractivity contribution is 5.96. The van der Waals surface area contributed by atoms with Gasteiger partial charge in [-0.25, -0.2) is 4.39 Å². The molecule has 2 heterocycles. The van der Waals surface area contributed by atoms with Gasteiger partial charge in [-0.2, -0.15) is 0 Å². The lowest BCUT2D eigenvalue weighted by molar-refractivity contribution is 0.101. The number of benzene rings is 3. The van der Waals surface area contributed by atoms with E-state index in [-0.39, 0.29) is 11.6 Å². The Bertz CT molecular complexity index is 1420. The smallest absolute Gasteiger partial charge is 0.160 e. The zero-order chi connectivity index (χ0) is 30.7. The van der Waals surface area contributed by atoms with Crippen molar-refractivity contribution in [2.75, 3.05) is 13.1 Å². The number of Topliss-reactive ketones (excluding diaryl/α,β-unsaturated/α-hetero) is 1. The summed E-state index contributed by atoms with van der Waals surface area (Å²) in [5.74, 6) is 0.0184. The topological polar surface area (TPSA) is 33.2 Å². The van der Waals surface area contributed by atoms with Crippen LogP contribution in [0, 0.1) is 32.0 Å². The number of piperidine rings is 1. The van der Waals surface area contributed by atoms with Gasteiger partial charge < -0.3 is 0 Å². The van der Waals surface area contributed by atoms with E-state index >= 15 is 0 Å². The van der Waals surface area contributed by atoms with Crippen LogP contribution in [0.1, 0.15) is 78.7 Å². The highest BCUT2D eigenvalue weighted by Gasteiger charge is 2.25. The van der Waals surface area contributed by atoms with Crippen molar-refractivity contribution < 1.29 is 9.18 Å². The second-order valence-corrected chi connectivity index (χ2v) is 12.2. The first kappa shape index (κ1) is 32.9. The maximum atomic E-state index is 13.4. The first-order chi connectivity index (χ1) is 20.0. The SMILES string of the molecule is CC(=O)c1ccc(-c2ccccn2)cc1C.CCc1ccc(C)cc1.Cc1ccc(CN2CCC(C)(C)CC2)cc1F. The molecule has 0 spiro atoms. The fourth-order valence-corrected chi connectivity index (χ4v) is 4.88. The average Bonchev–Trinajstić information content (AvgIpc) is 2.97. The fourth-order valence-electron chi connectivity index (χ4n) is 4.88. The van der Waals surface area contributed by atoms with E-state index in [1.807, 2.05) is 62.4 Å². The van der Waals surface area contributed by atoms with E-state index in [0.717, 1.165) is 59.6 Å². The van der Waals surface area contributed by atoms with Gasteiger partial charge in [-0.1, -0.05) is 80.9 Å². The van der Waals surface area contributed by atoms with Gasteiger partial charge in [0, 0.05) is 23.9 Å². The molecule has 0 bridgehead atoms. The second-order valence-electron chi connectivity index (χ2n) is 12.2. The second kappa shape index (κ2) is 15.6. The minimum Gasteiger partial charge on any atom is -0.299 e. The van der Waals surface area contributed by atoms with Gasteiger partial charge in [-0.15, -0.1) is 0 Å². The van der Waals surface area contributed by atoms with Crippen LogP contribution in [0.5, 0.6) is 0 Å². The van der Waals surface area contributed by atoms with E-state index in [1.54, 1.807) is 19.2 Å². The van der Waals surface area contributed by atoms with Crippen molar-refractivity contribution in [3.05, 3.63) is 124 Å². The third-order valence-corrected chi connectivity index (χ3v) is 7.95. The molecule has 42 heavy (non-hydrogen) atoms.